The van der Waals surface area contributed by atoms with Crippen LogP contribution in [0.4, 0.5) is 9.18 Å². The number of hydrogen-bond donors (Lipinski definition) is 2. The van der Waals surface area contributed by atoms with E-state index in [-0.39, 0.29) is 24.6 Å². The minimum Gasteiger partial charge on any atom is -0.453 e. The molecule has 136 valence electrons. The van der Waals surface area contributed by atoms with Gasteiger partial charge in [-0.05, 0) is 37.5 Å². The zero-order valence-electron chi connectivity index (χ0n) is 14.3. The molecule has 8 heteroatoms. The molecule has 1 heterocycles. The van der Waals surface area contributed by atoms with Gasteiger partial charge in [-0.1, -0.05) is 6.07 Å². The van der Waals surface area contributed by atoms with Crippen LogP contribution in [0.1, 0.15) is 28.8 Å². The number of halogens is 1. The number of ether oxygens (including phenoxy) is 1. The summed E-state index contributed by atoms with van der Waals surface area (Å²) < 4.78 is 18.1. The highest BCUT2D eigenvalue weighted by molar-refractivity contribution is 5.94. The number of aryl methyl sites for hydroxylation is 1. The molecule has 2 N–H and O–H groups in total. The van der Waals surface area contributed by atoms with Crippen LogP contribution in [0.3, 0.4) is 0 Å². The lowest BCUT2D eigenvalue weighted by Gasteiger charge is -2.22. The lowest BCUT2D eigenvalue weighted by Crippen LogP contribution is -2.47. The quantitative estimate of drug-likeness (QED) is 0.781. The van der Waals surface area contributed by atoms with Gasteiger partial charge in [0.05, 0.1) is 7.11 Å². The van der Waals surface area contributed by atoms with Crippen LogP contribution < -0.4 is 10.6 Å². The Morgan fingerprint density at radius 2 is 2.00 bits per heavy atom. The number of nitrogens with zero attached hydrogens (tertiary/aromatic N) is 1. The normalized spacial score (nSPS) is 16.4. The van der Waals surface area contributed by atoms with Crippen molar-refractivity contribution in [3.63, 3.8) is 0 Å². The average molecular weight is 351 g/mol. The minimum atomic E-state index is -0.547. The van der Waals surface area contributed by atoms with Gasteiger partial charge in [-0.15, -0.1) is 0 Å². The van der Waals surface area contributed by atoms with Crippen molar-refractivity contribution in [3.8, 4) is 0 Å². The van der Waals surface area contributed by atoms with Crippen molar-refractivity contribution >= 4 is 17.9 Å². The van der Waals surface area contributed by atoms with E-state index >= 15 is 0 Å². The second kappa shape index (κ2) is 8.46. The van der Waals surface area contributed by atoms with Crippen molar-refractivity contribution in [2.24, 2.45) is 0 Å². The summed E-state index contributed by atoms with van der Waals surface area (Å²) in [5.41, 5.74) is 0.692. The van der Waals surface area contributed by atoms with Crippen molar-refractivity contribution in [1.82, 2.24) is 15.5 Å². The summed E-state index contributed by atoms with van der Waals surface area (Å²) in [6.07, 6.45) is 0.797. The number of methoxy groups -OCH3 is 1. The van der Waals surface area contributed by atoms with Crippen LogP contribution in [0.15, 0.2) is 18.2 Å². The molecule has 0 spiro atoms. The predicted octanol–water partition coefficient (Wildman–Crippen LogP) is 1.21. The minimum absolute atomic E-state index is 0.199. The summed E-state index contributed by atoms with van der Waals surface area (Å²) in [6, 6.07) is 3.71. The lowest BCUT2D eigenvalue weighted by molar-refractivity contribution is -0.125. The smallest absolute Gasteiger partial charge is 0.410 e. The number of likely N-dealkylation sites (tertiary alicyclic amines) is 1. The first-order valence-corrected chi connectivity index (χ1v) is 8.10. The maximum absolute atomic E-state index is 13.5. The van der Waals surface area contributed by atoms with Gasteiger partial charge in [0.25, 0.3) is 5.91 Å². The summed E-state index contributed by atoms with van der Waals surface area (Å²) >= 11 is 0. The van der Waals surface area contributed by atoms with Gasteiger partial charge in [0.2, 0.25) is 5.91 Å². The summed E-state index contributed by atoms with van der Waals surface area (Å²) in [4.78, 5) is 37.1. The second-order valence-electron chi connectivity index (χ2n) is 5.83. The van der Waals surface area contributed by atoms with E-state index in [0.717, 1.165) is 6.42 Å². The average Bonchev–Trinajstić information content (AvgIpc) is 3.09. The lowest BCUT2D eigenvalue weighted by atomic mass is 10.1. The van der Waals surface area contributed by atoms with Gasteiger partial charge >= 0.3 is 6.09 Å². The Labute approximate surface area is 145 Å². The number of nitrogens with one attached hydrogen (secondary N) is 2. The summed E-state index contributed by atoms with van der Waals surface area (Å²) in [7, 11) is 1.28. The van der Waals surface area contributed by atoms with Crippen LogP contribution >= 0.6 is 0 Å². The first-order valence-electron chi connectivity index (χ1n) is 8.10. The SMILES string of the molecule is COC(=O)N1CCC[C@@H]1C(=O)NCCNC(=O)c1ccc(C)c(F)c1. The Balaban J connectivity index is 1.76. The van der Waals surface area contributed by atoms with Gasteiger partial charge in [0, 0.05) is 25.2 Å². The third kappa shape index (κ3) is 4.68. The van der Waals surface area contributed by atoms with Crippen molar-refractivity contribution < 1.29 is 23.5 Å². The van der Waals surface area contributed by atoms with Gasteiger partial charge < -0.3 is 15.4 Å². The molecule has 0 unspecified atom stereocenters. The monoisotopic (exact) mass is 351 g/mol. The van der Waals surface area contributed by atoms with Gasteiger partial charge in [0.1, 0.15) is 11.9 Å². The Bertz CT molecular complexity index is 665. The van der Waals surface area contributed by atoms with E-state index in [4.69, 9.17) is 0 Å². The molecule has 1 saturated heterocycles. The molecule has 0 radical (unpaired) electrons. The van der Waals surface area contributed by atoms with Gasteiger partial charge in [-0.2, -0.15) is 0 Å². The molecule has 2 rings (SSSR count). The zero-order valence-corrected chi connectivity index (χ0v) is 14.3. The molecule has 1 aromatic carbocycles. The molecule has 1 atom stereocenters. The van der Waals surface area contributed by atoms with E-state index in [2.05, 4.69) is 15.4 Å². The molecule has 25 heavy (non-hydrogen) atoms. The molecule has 0 bridgehead atoms. The molecule has 1 aliphatic rings. The van der Waals surface area contributed by atoms with Crippen molar-refractivity contribution in [2.75, 3.05) is 26.7 Å². The van der Waals surface area contributed by atoms with E-state index in [1.165, 1.54) is 24.1 Å². The number of carbonyl (C=O) groups is 3. The maximum atomic E-state index is 13.5. The van der Waals surface area contributed by atoms with Crippen LogP contribution in [0.2, 0.25) is 0 Å². The fourth-order valence-electron chi connectivity index (χ4n) is 2.69. The summed E-state index contributed by atoms with van der Waals surface area (Å²) in [5, 5.41) is 5.29. The number of amides is 3. The largest absolute Gasteiger partial charge is 0.453 e. The summed E-state index contributed by atoms with van der Waals surface area (Å²) in [5.74, 6) is -1.13. The summed E-state index contributed by atoms with van der Waals surface area (Å²) in [6.45, 7) is 2.52. The highest BCUT2D eigenvalue weighted by Crippen LogP contribution is 2.18. The van der Waals surface area contributed by atoms with E-state index in [0.29, 0.717) is 18.5 Å². The van der Waals surface area contributed by atoms with Gasteiger partial charge in [-0.25, -0.2) is 9.18 Å². The fraction of sp³-hybridized carbons (Fsp3) is 0.471. The van der Waals surface area contributed by atoms with Crippen LogP contribution in [-0.2, 0) is 9.53 Å². The third-order valence-corrected chi connectivity index (χ3v) is 4.11. The van der Waals surface area contributed by atoms with Crippen molar-refractivity contribution in [3.05, 3.63) is 35.1 Å². The highest BCUT2D eigenvalue weighted by Gasteiger charge is 2.34. The Kier molecular flexibility index (Phi) is 6.32. The topological polar surface area (TPSA) is 87.7 Å². The maximum Gasteiger partial charge on any atom is 0.410 e. The Morgan fingerprint density at radius 1 is 1.28 bits per heavy atom. The molecule has 1 aliphatic heterocycles. The van der Waals surface area contributed by atoms with Crippen LogP contribution in [0.5, 0.6) is 0 Å². The molecular formula is C17H22FN3O4. The molecule has 1 aromatic rings. The van der Waals surface area contributed by atoms with E-state index in [1.807, 2.05) is 0 Å². The van der Waals surface area contributed by atoms with Crippen LogP contribution in [0.25, 0.3) is 0 Å². The number of hydrogen-bond acceptors (Lipinski definition) is 4. The fourth-order valence-corrected chi connectivity index (χ4v) is 2.69. The van der Waals surface area contributed by atoms with E-state index < -0.39 is 23.9 Å². The molecule has 0 aliphatic carbocycles. The first kappa shape index (κ1) is 18.7. The van der Waals surface area contributed by atoms with Gasteiger partial charge in [-0.3, -0.25) is 14.5 Å². The number of benzene rings is 1. The van der Waals surface area contributed by atoms with E-state index in [9.17, 15) is 18.8 Å². The molecule has 1 fully saturated rings. The molecule has 7 nitrogen and oxygen atoms in total. The molecular weight excluding hydrogens is 329 g/mol. The Morgan fingerprint density at radius 3 is 2.68 bits per heavy atom. The second-order valence-corrected chi connectivity index (χ2v) is 5.83. The third-order valence-electron chi connectivity index (χ3n) is 4.11. The predicted molar refractivity (Wildman–Crippen MR) is 88.6 cm³/mol. The number of carbonyl (C=O) groups excluding carboxylic acids is 3. The van der Waals surface area contributed by atoms with Crippen LogP contribution in [-0.4, -0.2) is 55.6 Å². The number of rotatable bonds is 5. The van der Waals surface area contributed by atoms with Crippen LogP contribution in [0, 0.1) is 12.7 Å². The highest BCUT2D eigenvalue weighted by atomic mass is 19.1. The van der Waals surface area contributed by atoms with Gasteiger partial charge in [0.15, 0.2) is 0 Å². The molecule has 3 amide bonds. The zero-order chi connectivity index (χ0) is 18.4. The van der Waals surface area contributed by atoms with Crippen molar-refractivity contribution in [2.45, 2.75) is 25.8 Å². The van der Waals surface area contributed by atoms with Crippen molar-refractivity contribution in [1.29, 1.82) is 0 Å². The van der Waals surface area contributed by atoms with E-state index in [1.54, 1.807) is 13.0 Å². The first-order chi connectivity index (χ1) is 11.9. The Hall–Kier alpha value is -2.64. The molecule has 0 aromatic heterocycles. The standard InChI is InChI=1S/C17H22FN3O4/c1-11-5-6-12(10-13(11)18)15(22)19-7-8-20-16(23)14-4-3-9-21(14)17(24)25-2/h5-6,10,14H,3-4,7-9H2,1-2H3,(H,19,22)(H,20,23)/t14-/m1/s1. The molecule has 0 saturated carbocycles.